The van der Waals surface area contributed by atoms with Crippen LogP contribution in [0, 0.1) is 0 Å². The van der Waals surface area contributed by atoms with Gasteiger partial charge in [-0.3, -0.25) is 14.2 Å². The summed E-state index contributed by atoms with van der Waals surface area (Å²) in [5.41, 5.74) is 1.75. The van der Waals surface area contributed by atoms with E-state index >= 15 is 0 Å². The van der Waals surface area contributed by atoms with Crippen LogP contribution in [0.1, 0.15) is 25.3 Å². The van der Waals surface area contributed by atoms with Gasteiger partial charge in [0.1, 0.15) is 5.75 Å². The van der Waals surface area contributed by atoms with Gasteiger partial charge in [0, 0.05) is 19.0 Å². The first kappa shape index (κ1) is 19.6. The molecule has 0 saturated heterocycles. The molecule has 0 fully saturated rings. The second kappa shape index (κ2) is 9.17. The summed E-state index contributed by atoms with van der Waals surface area (Å²) in [5.74, 6) is 0.769. The molecule has 1 amide bonds. The van der Waals surface area contributed by atoms with Crippen molar-refractivity contribution in [2.75, 3.05) is 7.11 Å². The van der Waals surface area contributed by atoms with E-state index in [9.17, 15) is 9.59 Å². The average Bonchev–Trinajstić information content (AvgIpc) is 2.72. The van der Waals surface area contributed by atoms with Crippen molar-refractivity contribution in [3.8, 4) is 5.75 Å². The van der Waals surface area contributed by atoms with Crippen molar-refractivity contribution in [1.82, 2.24) is 14.9 Å². The molecule has 0 aliphatic carbocycles. The molecule has 0 aliphatic rings. The molecule has 1 N–H and O–H groups in total. The predicted octanol–water partition coefficient (Wildman–Crippen LogP) is 2.93. The monoisotopic (exact) mass is 379 g/mol. The first-order chi connectivity index (χ1) is 13.6. The molecule has 0 aliphatic heterocycles. The second-order valence-corrected chi connectivity index (χ2v) is 6.87. The maximum absolute atomic E-state index is 12.5. The number of nitrogens with zero attached hydrogens (tertiary/aromatic N) is 2. The first-order valence-corrected chi connectivity index (χ1v) is 9.43. The molecule has 0 spiro atoms. The van der Waals surface area contributed by atoms with E-state index in [0.29, 0.717) is 17.4 Å². The van der Waals surface area contributed by atoms with Gasteiger partial charge in [-0.25, -0.2) is 4.98 Å². The van der Waals surface area contributed by atoms with E-state index in [1.54, 1.807) is 19.2 Å². The van der Waals surface area contributed by atoms with E-state index in [2.05, 4.69) is 10.3 Å². The van der Waals surface area contributed by atoms with Crippen LogP contribution in [0.2, 0.25) is 0 Å². The molecule has 1 atom stereocenters. The maximum atomic E-state index is 12.5. The molecule has 28 heavy (non-hydrogen) atoms. The van der Waals surface area contributed by atoms with E-state index in [4.69, 9.17) is 4.74 Å². The highest BCUT2D eigenvalue weighted by atomic mass is 16.5. The number of rotatable bonds is 8. The van der Waals surface area contributed by atoms with Gasteiger partial charge in [-0.2, -0.15) is 0 Å². The summed E-state index contributed by atoms with van der Waals surface area (Å²) < 4.78 is 6.65. The Kier molecular flexibility index (Phi) is 6.42. The third kappa shape index (κ3) is 4.97. The van der Waals surface area contributed by atoms with E-state index in [1.165, 1.54) is 16.5 Å². The number of ether oxygens (including phenoxy) is 1. The fourth-order valence-corrected chi connectivity index (χ4v) is 3.08. The number of aryl methyl sites for hydroxylation is 2. The Labute approximate surface area is 164 Å². The number of carbonyl (C=O) groups excluding carboxylic acids is 1. The lowest BCUT2D eigenvalue weighted by Gasteiger charge is -2.14. The van der Waals surface area contributed by atoms with Crippen molar-refractivity contribution in [1.29, 1.82) is 0 Å². The van der Waals surface area contributed by atoms with Crippen LogP contribution in [0.3, 0.4) is 0 Å². The van der Waals surface area contributed by atoms with E-state index in [0.717, 1.165) is 18.6 Å². The van der Waals surface area contributed by atoms with Crippen molar-refractivity contribution in [2.24, 2.45) is 0 Å². The van der Waals surface area contributed by atoms with Crippen molar-refractivity contribution in [3.05, 3.63) is 70.8 Å². The number of hydrogen-bond acceptors (Lipinski definition) is 4. The normalized spacial score (nSPS) is 11.9. The smallest absolute Gasteiger partial charge is 0.261 e. The molecule has 6 nitrogen and oxygen atoms in total. The van der Waals surface area contributed by atoms with E-state index in [-0.39, 0.29) is 23.9 Å². The summed E-state index contributed by atoms with van der Waals surface area (Å²) in [4.78, 5) is 29.0. The predicted molar refractivity (Wildman–Crippen MR) is 110 cm³/mol. The van der Waals surface area contributed by atoms with Gasteiger partial charge in [-0.1, -0.05) is 24.3 Å². The first-order valence-electron chi connectivity index (χ1n) is 9.43. The topological polar surface area (TPSA) is 73.2 Å². The molecule has 146 valence electrons. The molecule has 0 unspecified atom stereocenters. The summed E-state index contributed by atoms with van der Waals surface area (Å²) in [5, 5.41) is 3.57. The SMILES string of the molecule is COc1ccc(CC[C@H](C)NC(=O)CCn2cnc3ccccc3c2=O)cc1. The Hall–Kier alpha value is -3.15. The van der Waals surface area contributed by atoms with Crippen LogP contribution >= 0.6 is 0 Å². The van der Waals surface area contributed by atoms with Gasteiger partial charge in [-0.05, 0) is 49.6 Å². The van der Waals surface area contributed by atoms with Crippen molar-refractivity contribution < 1.29 is 9.53 Å². The number of benzene rings is 2. The molecule has 3 rings (SSSR count). The molecule has 0 bridgehead atoms. The van der Waals surface area contributed by atoms with Gasteiger partial charge < -0.3 is 10.1 Å². The van der Waals surface area contributed by atoms with Crippen LogP contribution in [-0.4, -0.2) is 28.6 Å². The van der Waals surface area contributed by atoms with Gasteiger partial charge in [-0.15, -0.1) is 0 Å². The van der Waals surface area contributed by atoms with Crippen molar-refractivity contribution >= 4 is 16.8 Å². The van der Waals surface area contributed by atoms with Crippen LogP contribution in [0.25, 0.3) is 10.9 Å². The second-order valence-electron chi connectivity index (χ2n) is 6.87. The molecule has 3 aromatic rings. The number of para-hydroxylation sites is 1. The summed E-state index contributed by atoms with van der Waals surface area (Å²) in [6, 6.07) is 15.2. The Morgan fingerprint density at radius 2 is 1.93 bits per heavy atom. The molecular weight excluding hydrogens is 354 g/mol. The van der Waals surface area contributed by atoms with Crippen molar-refractivity contribution in [3.63, 3.8) is 0 Å². The molecule has 1 heterocycles. The highest BCUT2D eigenvalue weighted by Gasteiger charge is 2.10. The molecule has 6 heteroatoms. The number of amides is 1. The third-order valence-electron chi connectivity index (χ3n) is 4.74. The zero-order valence-corrected chi connectivity index (χ0v) is 16.2. The van der Waals surface area contributed by atoms with E-state index < -0.39 is 0 Å². The minimum absolute atomic E-state index is 0.0565. The fourth-order valence-electron chi connectivity index (χ4n) is 3.08. The number of methoxy groups -OCH3 is 1. The van der Waals surface area contributed by atoms with Gasteiger partial charge in [0.05, 0.1) is 24.3 Å². The van der Waals surface area contributed by atoms with Crippen LogP contribution in [0.4, 0.5) is 0 Å². The molecule has 2 aromatic carbocycles. The Morgan fingerprint density at radius 3 is 2.68 bits per heavy atom. The lowest BCUT2D eigenvalue weighted by molar-refractivity contribution is -0.121. The molecule has 1 aromatic heterocycles. The number of fused-ring (bicyclic) bond motifs is 1. The lowest BCUT2D eigenvalue weighted by Crippen LogP contribution is -2.34. The standard InChI is InChI=1S/C22H25N3O3/c1-16(7-8-17-9-11-18(28-2)12-10-17)24-21(26)13-14-25-15-23-20-6-4-3-5-19(20)22(25)27/h3-6,9-12,15-16H,7-8,13-14H2,1-2H3,(H,24,26)/t16-/m0/s1. The van der Waals surface area contributed by atoms with Crippen LogP contribution in [-0.2, 0) is 17.8 Å². The maximum Gasteiger partial charge on any atom is 0.261 e. The highest BCUT2D eigenvalue weighted by Crippen LogP contribution is 2.13. The summed E-state index contributed by atoms with van der Waals surface area (Å²) >= 11 is 0. The fraction of sp³-hybridized carbons (Fsp3) is 0.318. The average molecular weight is 379 g/mol. The number of carbonyl (C=O) groups is 1. The van der Waals surface area contributed by atoms with Gasteiger partial charge >= 0.3 is 0 Å². The number of aromatic nitrogens is 2. The summed E-state index contributed by atoms with van der Waals surface area (Å²) in [7, 11) is 1.65. The zero-order valence-electron chi connectivity index (χ0n) is 16.2. The van der Waals surface area contributed by atoms with Crippen molar-refractivity contribution in [2.45, 2.75) is 38.8 Å². The van der Waals surface area contributed by atoms with Gasteiger partial charge in [0.25, 0.3) is 5.56 Å². The number of nitrogens with one attached hydrogen (secondary N) is 1. The zero-order chi connectivity index (χ0) is 19.9. The van der Waals surface area contributed by atoms with Crippen LogP contribution < -0.4 is 15.6 Å². The van der Waals surface area contributed by atoms with Gasteiger partial charge in [0.2, 0.25) is 5.91 Å². The van der Waals surface area contributed by atoms with Crippen LogP contribution in [0.5, 0.6) is 5.75 Å². The third-order valence-corrected chi connectivity index (χ3v) is 4.74. The Balaban J connectivity index is 1.48. The van der Waals surface area contributed by atoms with Gasteiger partial charge in [0.15, 0.2) is 0 Å². The van der Waals surface area contributed by atoms with Crippen LogP contribution in [0.15, 0.2) is 59.7 Å². The minimum atomic E-state index is -0.119. The Morgan fingerprint density at radius 1 is 1.18 bits per heavy atom. The lowest BCUT2D eigenvalue weighted by atomic mass is 10.1. The largest absolute Gasteiger partial charge is 0.497 e. The highest BCUT2D eigenvalue weighted by molar-refractivity contribution is 5.77. The Bertz CT molecular complexity index is 996. The minimum Gasteiger partial charge on any atom is -0.497 e. The molecular formula is C22H25N3O3. The summed E-state index contributed by atoms with van der Waals surface area (Å²) in [6.07, 6.45) is 3.47. The molecule has 0 radical (unpaired) electrons. The molecule has 0 saturated carbocycles. The van der Waals surface area contributed by atoms with E-state index in [1.807, 2.05) is 43.3 Å². The number of hydrogen-bond donors (Lipinski definition) is 1. The summed E-state index contributed by atoms with van der Waals surface area (Å²) in [6.45, 7) is 2.30. The quantitative estimate of drug-likeness (QED) is 0.653.